The van der Waals surface area contributed by atoms with E-state index in [0.717, 1.165) is 11.3 Å². The largest absolute Gasteiger partial charge is 0.383 e. The molecule has 2 heterocycles. The molecule has 0 atom stereocenters. The summed E-state index contributed by atoms with van der Waals surface area (Å²) in [4.78, 5) is 4.20. The van der Waals surface area contributed by atoms with Gasteiger partial charge in [-0.25, -0.2) is 0 Å². The molecule has 3 aliphatic rings. The van der Waals surface area contributed by atoms with E-state index in [9.17, 15) is 0 Å². The van der Waals surface area contributed by atoms with Crippen molar-refractivity contribution in [3.63, 3.8) is 0 Å². The molecule has 0 spiro atoms. The minimum Gasteiger partial charge on any atom is -0.383 e. The van der Waals surface area contributed by atoms with Gasteiger partial charge in [0.25, 0.3) is 0 Å². The Morgan fingerprint density at radius 1 is 1.39 bits per heavy atom. The van der Waals surface area contributed by atoms with E-state index in [1.54, 1.807) is 0 Å². The van der Waals surface area contributed by atoms with Gasteiger partial charge in [-0.1, -0.05) is 24.4 Å². The number of rotatable bonds is 1. The van der Waals surface area contributed by atoms with E-state index in [0.29, 0.717) is 23.5 Å². The number of nitrogens with one attached hydrogen (secondary N) is 1. The van der Waals surface area contributed by atoms with Crippen LogP contribution in [0.5, 0.6) is 0 Å². The van der Waals surface area contributed by atoms with Crippen molar-refractivity contribution in [2.75, 3.05) is 6.54 Å². The summed E-state index contributed by atoms with van der Waals surface area (Å²) in [7, 11) is 0. The number of allylic oxidation sites excluding steroid dienone is 1. The summed E-state index contributed by atoms with van der Waals surface area (Å²) in [6, 6.07) is 0.621. The van der Waals surface area contributed by atoms with E-state index in [-0.39, 0.29) is 0 Å². The molecule has 1 fully saturated rings. The summed E-state index contributed by atoms with van der Waals surface area (Å²) in [5.41, 5.74) is 11.2. The first-order chi connectivity index (χ1) is 8.74. The molecule has 18 heavy (non-hydrogen) atoms. The van der Waals surface area contributed by atoms with Crippen LogP contribution in [0.25, 0.3) is 0 Å². The third-order valence-corrected chi connectivity index (χ3v) is 3.98. The van der Waals surface area contributed by atoms with Gasteiger partial charge in [0, 0.05) is 17.8 Å². The van der Waals surface area contributed by atoms with Crippen molar-refractivity contribution in [1.29, 1.82) is 0 Å². The molecular weight excluding hydrogens is 248 g/mol. The zero-order valence-electron chi connectivity index (χ0n) is 10.2. The van der Waals surface area contributed by atoms with Crippen LogP contribution in [0.1, 0.15) is 25.7 Å². The van der Waals surface area contributed by atoms with Gasteiger partial charge in [0.05, 0.1) is 17.3 Å². The number of amidine groups is 1. The summed E-state index contributed by atoms with van der Waals surface area (Å²) >= 11 is 6.01. The van der Waals surface area contributed by atoms with E-state index in [1.165, 1.54) is 25.7 Å². The molecule has 2 aliphatic heterocycles. The van der Waals surface area contributed by atoms with Crippen molar-refractivity contribution in [1.82, 2.24) is 10.4 Å². The zero-order chi connectivity index (χ0) is 12.5. The standard InChI is InChI=1S/C13H17ClN4/c14-11-7-9(8-16-13(11)15)12-5-6-18(17-12)10-3-1-2-4-10/h5-7,10,17H,1-4,8H2,(H2,15,16). The van der Waals surface area contributed by atoms with Crippen LogP contribution in [0, 0.1) is 0 Å². The number of nitrogens with two attached hydrogens (primary N) is 1. The third kappa shape index (κ3) is 2.12. The highest BCUT2D eigenvalue weighted by Crippen LogP contribution is 2.26. The van der Waals surface area contributed by atoms with Gasteiger partial charge in [-0.15, -0.1) is 0 Å². The van der Waals surface area contributed by atoms with Gasteiger partial charge in [-0.3, -0.25) is 15.4 Å². The first-order valence-electron chi connectivity index (χ1n) is 6.38. The van der Waals surface area contributed by atoms with Gasteiger partial charge in [0.15, 0.2) is 0 Å². The highest BCUT2D eigenvalue weighted by Gasteiger charge is 2.24. The molecule has 96 valence electrons. The van der Waals surface area contributed by atoms with Crippen LogP contribution in [0.2, 0.25) is 0 Å². The second kappa shape index (κ2) is 4.69. The summed E-state index contributed by atoms with van der Waals surface area (Å²) in [6.45, 7) is 0.591. The van der Waals surface area contributed by atoms with E-state index < -0.39 is 0 Å². The molecule has 3 rings (SSSR count). The van der Waals surface area contributed by atoms with Gasteiger partial charge in [-0.2, -0.15) is 0 Å². The molecule has 0 aromatic rings. The van der Waals surface area contributed by atoms with E-state index >= 15 is 0 Å². The minimum absolute atomic E-state index is 0.427. The summed E-state index contributed by atoms with van der Waals surface area (Å²) < 4.78 is 0. The van der Waals surface area contributed by atoms with Crippen molar-refractivity contribution >= 4 is 17.4 Å². The van der Waals surface area contributed by atoms with Gasteiger partial charge >= 0.3 is 0 Å². The van der Waals surface area contributed by atoms with Gasteiger partial charge in [0.2, 0.25) is 0 Å². The quantitative estimate of drug-likeness (QED) is 0.762. The minimum atomic E-state index is 0.427. The van der Waals surface area contributed by atoms with Crippen LogP contribution in [-0.4, -0.2) is 23.4 Å². The van der Waals surface area contributed by atoms with Gasteiger partial charge in [0.1, 0.15) is 5.84 Å². The van der Waals surface area contributed by atoms with Crippen molar-refractivity contribution in [2.24, 2.45) is 10.7 Å². The van der Waals surface area contributed by atoms with E-state index in [2.05, 4.69) is 27.7 Å². The van der Waals surface area contributed by atoms with Crippen molar-refractivity contribution in [3.05, 3.63) is 34.7 Å². The first-order valence-corrected chi connectivity index (χ1v) is 6.75. The molecule has 4 nitrogen and oxygen atoms in total. The molecule has 0 aromatic carbocycles. The highest BCUT2D eigenvalue weighted by atomic mass is 35.5. The zero-order valence-corrected chi connectivity index (χ0v) is 11.0. The number of nitrogens with zero attached hydrogens (tertiary/aromatic N) is 2. The van der Waals surface area contributed by atoms with Crippen molar-refractivity contribution in [2.45, 2.75) is 31.7 Å². The molecule has 0 saturated heterocycles. The summed E-state index contributed by atoms with van der Waals surface area (Å²) in [6.07, 6.45) is 11.3. The molecule has 0 amide bonds. The lowest BCUT2D eigenvalue weighted by atomic mass is 10.1. The monoisotopic (exact) mass is 264 g/mol. The molecule has 5 heteroatoms. The normalized spacial score (nSPS) is 28.4. The highest BCUT2D eigenvalue weighted by molar-refractivity contribution is 6.43. The predicted octanol–water partition coefficient (Wildman–Crippen LogP) is 2.01. The molecule has 0 aromatic heterocycles. The summed E-state index contributed by atoms with van der Waals surface area (Å²) in [5, 5.41) is 2.73. The Hall–Kier alpha value is -1.42. The Morgan fingerprint density at radius 2 is 2.17 bits per heavy atom. The Morgan fingerprint density at radius 3 is 2.89 bits per heavy atom. The van der Waals surface area contributed by atoms with E-state index in [4.69, 9.17) is 17.3 Å². The second-order valence-corrected chi connectivity index (χ2v) is 5.31. The fourth-order valence-electron chi connectivity index (χ4n) is 2.62. The number of halogens is 1. The Labute approximate surface area is 112 Å². The maximum absolute atomic E-state index is 6.01. The average Bonchev–Trinajstić information content (AvgIpc) is 3.01. The molecule has 1 aliphatic carbocycles. The maximum atomic E-state index is 6.01. The Kier molecular flexibility index (Phi) is 3.04. The molecule has 0 unspecified atom stereocenters. The van der Waals surface area contributed by atoms with Crippen LogP contribution < -0.4 is 11.2 Å². The van der Waals surface area contributed by atoms with Crippen LogP contribution >= 0.6 is 11.6 Å². The smallest absolute Gasteiger partial charge is 0.137 e. The molecule has 3 N–H and O–H groups in total. The first kappa shape index (κ1) is 11.7. The van der Waals surface area contributed by atoms with Crippen molar-refractivity contribution in [3.8, 4) is 0 Å². The lowest BCUT2D eigenvalue weighted by molar-refractivity contribution is 0.237. The topological polar surface area (TPSA) is 53.6 Å². The van der Waals surface area contributed by atoms with Gasteiger partial charge in [-0.05, 0) is 25.0 Å². The second-order valence-electron chi connectivity index (χ2n) is 4.91. The Bertz CT molecular complexity index is 469. The van der Waals surface area contributed by atoms with Gasteiger partial charge < -0.3 is 5.73 Å². The molecule has 0 bridgehead atoms. The SMILES string of the molecule is NC1=NCC(=C2C=CN(C3CCCC3)N2)C=C1Cl. The number of aliphatic imine (C=N–C) groups is 1. The van der Waals surface area contributed by atoms with Crippen LogP contribution in [0.4, 0.5) is 0 Å². The molecule has 1 saturated carbocycles. The third-order valence-electron chi connectivity index (χ3n) is 3.68. The number of hydrazine groups is 1. The molecular formula is C13H17ClN4. The summed E-state index contributed by atoms with van der Waals surface area (Å²) in [5.74, 6) is 0.427. The average molecular weight is 265 g/mol. The molecule has 0 radical (unpaired) electrons. The van der Waals surface area contributed by atoms with Crippen LogP contribution in [0.3, 0.4) is 0 Å². The fraction of sp³-hybridized carbons (Fsp3) is 0.462. The maximum Gasteiger partial charge on any atom is 0.137 e. The fourth-order valence-corrected chi connectivity index (χ4v) is 2.82. The predicted molar refractivity (Wildman–Crippen MR) is 73.8 cm³/mol. The van der Waals surface area contributed by atoms with Crippen LogP contribution in [0.15, 0.2) is 39.6 Å². The van der Waals surface area contributed by atoms with Crippen LogP contribution in [-0.2, 0) is 0 Å². The van der Waals surface area contributed by atoms with Crippen molar-refractivity contribution < 1.29 is 0 Å². The van der Waals surface area contributed by atoms with E-state index in [1.807, 2.05) is 6.08 Å². The lowest BCUT2D eigenvalue weighted by Gasteiger charge is -2.25. The number of hydrogen-bond acceptors (Lipinski definition) is 4. The Balaban J connectivity index is 1.74. The lowest BCUT2D eigenvalue weighted by Crippen LogP contribution is -2.36. The number of dihydropyridines is 1. The number of hydrogen-bond donors (Lipinski definition) is 2.